The lowest BCUT2D eigenvalue weighted by Crippen LogP contribution is -2.42. The van der Waals surface area contributed by atoms with Crippen molar-refractivity contribution in [1.29, 1.82) is 0 Å². The number of aromatic amines is 1. The lowest BCUT2D eigenvalue weighted by molar-refractivity contribution is -0.118. The molecule has 1 aromatic carbocycles. The molecule has 0 bridgehead atoms. The number of nitrogens with one attached hydrogen (secondary N) is 3. The molecule has 5 rings (SSSR count). The zero-order valence-electron chi connectivity index (χ0n) is 18.3. The fourth-order valence-corrected chi connectivity index (χ4v) is 4.44. The summed E-state index contributed by atoms with van der Waals surface area (Å²) in [5.74, 6) is -2.08. The molecule has 3 N–H and O–H groups in total. The quantitative estimate of drug-likeness (QED) is 0.510. The molecule has 0 unspecified atom stereocenters. The molecule has 1 amide bonds. The van der Waals surface area contributed by atoms with E-state index in [-0.39, 0.29) is 52.8 Å². The van der Waals surface area contributed by atoms with Crippen LogP contribution in [0.25, 0.3) is 22.3 Å². The van der Waals surface area contributed by atoms with E-state index < -0.39 is 17.5 Å². The highest BCUT2D eigenvalue weighted by Gasteiger charge is 2.26. The first-order chi connectivity index (χ1) is 16.4. The second-order valence-electron chi connectivity index (χ2n) is 8.56. The minimum Gasteiger partial charge on any atom is -0.365 e. The molecule has 3 aromatic rings. The molecule has 8 nitrogen and oxygen atoms in total. The monoisotopic (exact) mass is 469 g/mol. The number of carbonyl (C=O) groups is 1. The fourth-order valence-electron chi connectivity index (χ4n) is 4.44. The van der Waals surface area contributed by atoms with E-state index in [0.29, 0.717) is 17.6 Å². The number of anilines is 1. The van der Waals surface area contributed by atoms with Gasteiger partial charge >= 0.3 is 0 Å². The van der Waals surface area contributed by atoms with E-state index >= 15 is 0 Å². The number of rotatable bonds is 5. The standard InChI is InChI=1S/C23H22F3N7O/c1-11-19(26)22(31-14-3-2-4-15(7-14)32-23(34)12-8-28-29-9-12)33-21(30-11)17-10-27-20-16(17)5-13(24)6-18(20)25/h5-6,8,10,14-15,27H,2-4,7,9H2,1H3,(H,32,34)(H,30,31,33)/t14-,15+/m0/s1. The Morgan fingerprint density at radius 2 is 1.97 bits per heavy atom. The van der Waals surface area contributed by atoms with Crippen LogP contribution >= 0.6 is 0 Å². The lowest BCUT2D eigenvalue weighted by Gasteiger charge is -2.31. The number of hydrogen-bond acceptors (Lipinski definition) is 6. The normalized spacial score (nSPS) is 19.9. The number of benzene rings is 1. The zero-order valence-corrected chi connectivity index (χ0v) is 18.3. The first-order valence-corrected chi connectivity index (χ1v) is 11.0. The summed E-state index contributed by atoms with van der Waals surface area (Å²) in [5.41, 5.74) is 1.12. The van der Waals surface area contributed by atoms with Gasteiger partial charge in [0.15, 0.2) is 17.5 Å². The van der Waals surface area contributed by atoms with E-state index in [4.69, 9.17) is 0 Å². The topological polar surface area (TPSA) is 107 Å². The van der Waals surface area contributed by atoms with Gasteiger partial charge in [-0.3, -0.25) is 4.79 Å². The van der Waals surface area contributed by atoms with Crippen molar-refractivity contribution in [2.75, 3.05) is 11.9 Å². The van der Waals surface area contributed by atoms with E-state index in [9.17, 15) is 18.0 Å². The van der Waals surface area contributed by atoms with Crippen molar-refractivity contribution in [1.82, 2.24) is 20.3 Å². The Hall–Kier alpha value is -3.76. The van der Waals surface area contributed by atoms with E-state index in [1.54, 1.807) is 0 Å². The molecular weight excluding hydrogens is 447 g/mol. The van der Waals surface area contributed by atoms with Gasteiger partial charge in [-0.1, -0.05) is 0 Å². The average Bonchev–Trinajstić information content (AvgIpc) is 3.47. The summed E-state index contributed by atoms with van der Waals surface area (Å²) in [6.45, 7) is 1.78. The summed E-state index contributed by atoms with van der Waals surface area (Å²) in [6.07, 6.45) is 5.96. The predicted octanol–water partition coefficient (Wildman–Crippen LogP) is 4.54. The van der Waals surface area contributed by atoms with E-state index in [1.165, 1.54) is 25.4 Å². The van der Waals surface area contributed by atoms with Gasteiger partial charge in [-0.2, -0.15) is 10.2 Å². The minimum atomic E-state index is -0.732. The molecule has 34 heavy (non-hydrogen) atoms. The van der Waals surface area contributed by atoms with Crippen molar-refractivity contribution in [3.8, 4) is 11.4 Å². The third-order valence-corrected chi connectivity index (χ3v) is 6.14. The summed E-state index contributed by atoms with van der Waals surface area (Å²) in [4.78, 5) is 23.7. The molecule has 0 saturated heterocycles. The van der Waals surface area contributed by atoms with Crippen molar-refractivity contribution < 1.29 is 18.0 Å². The van der Waals surface area contributed by atoms with Gasteiger partial charge in [-0.15, -0.1) is 0 Å². The lowest BCUT2D eigenvalue weighted by atomic mass is 9.90. The van der Waals surface area contributed by atoms with Gasteiger partial charge in [0.25, 0.3) is 5.91 Å². The van der Waals surface area contributed by atoms with Crippen molar-refractivity contribution in [3.05, 3.63) is 53.2 Å². The van der Waals surface area contributed by atoms with Gasteiger partial charge in [0.2, 0.25) is 0 Å². The summed E-state index contributed by atoms with van der Waals surface area (Å²) in [7, 11) is 0. The molecule has 2 aliphatic rings. The number of fused-ring (bicyclic) bond motifs is 1. The SMILES string of the molecule is Cc1nc(-c2c[nH]c3c(F)cc(F)cc23)nc(N[C@H]2CCC[C@@H](NC(=O)C3=CN=NC3)C2)c1F. The third kappa shape index (κ3) is 4.25. The Balaban J connectivity index is 1.37. The Kier molecular flexibility index (Phi) is 5.76. The van der Waals surface area contributed by atoms with Crippen LogP contribution in [0, 0.1) is 24.4 Å². The van der Waals surface area contributed by atoms with Crippen LogP contribution < -0.4 is 10.6 Å². The van der Waals surface area contributed by atoms with Gasteiger partial charge in [-0.05, 0) is 38.7 Å². The first kappa shape index (κ1) is 22.1. The minimum absolute atomic E-state index is 0.0156. The predicted molar refractivity (Wildman–Crippen MR) is 120 cm³/mol. The van der Waals surface area contributed by atoms with Crippen LogP contribution in [-0.2, 0) is 4.79 Å². The van der Waals surface area contributed by atoms with Crippen LogP contribution in [0.3, 0.4) is 0 Å². The second-order valence-corrected chi connectivity index (χ2v) is 8.56. The molecule has 1 saturated carbocycles. The van der Waals surface area contributed by atoms with Crippen LogP contribution in [0.5, 0.6) is 0 Å². The smallest absolute Gasteiger partial charge is 0.251 e. The van der Waals surface area contributed by atoms with E-state index in [0.717, 1.165) is 25.3 Å². The largest absolute Gasteiger partial charge is 0.365 e. The molecule has 3 heterocycles. The molecule has 1 aliphatic heterocycles. The van der Waals surface area contributed by atoms with Crippen molar-refractivity contribution >= 4 is 22.6 Å². The van der Waals surface area contributed by atoms with Crippen molar-refractivity contribution in [2.45, 2.75) is 44.7 Å². The van der Waals surface area contributed by atoms with Gasteiger partial charge in [-0.25, -0.2) is 23.1 Å². The molecule has 0 spiro atoms. The number of carbonyl (C=O) groups excluding carboxylic acids is 1. The molecule has 0 radical (unpaired) electrons. The highest BCUT2D eigenvalue weighted by Crippen LogP contribution is 2.31. The molecular formula is C23H22F3N7O. The summed E-state index contributed by atoms with van der Waals surface area (Å²) in [5, 5.41) is 13.9. The van der Waals surface area contributed by atoms with Gasteiger partial charge in [0.1, 0.15) is 11.6 Å². The molecule has 2 atom stereocenters. The summed E-state index contributed by atoms with van der Waals surface area (Å²) in [6, 6.07) is 1.77. The highest BCUT2D eigenvalue weighted by molar-refractivity contribution is 5.95. The molecule has 1 fully saturated rings. The first-order valence-electron chi connectivity index (χ1n) is 11.0. The van der Waals surface area contributed by atoms with Crippen molar-refractivity contribution in [3.63, 3.8) is 0 Å². The number of halogens is 3. The number of azo groups is 1. The Bertz CT molecular complexity index is 1330. The molecule has 2 aromatic heterocycles. The summed E-state index contributed by atoms with van der Waals surface area (Å²) < 4.78 is 42.8. The third-order valence-electron chi connectivity index (χ3n) is 6.14. The van der Waals surface area contributed by atoms with E-state index in [2.05, 4.69) is 35.8 Å². The maximum atomic E-state index is 14.9. The average molecular weight is 469 g/mol. The number of amides is 1. The van der Waals surface area contributed by atoms with Crippen LogP contribution in [0.1, 0.15) is 31.4 Å². The molecule has 1 aliphatic carbocycles. The fraction of sp³-hybridized carbons (Fsp3) is 0.348. The number of nitrogens with zero attached hydrogens (tertiary/aromatic N) is 4. The number of aryl methyl sites for hydroxylation is 1. The molecule has 176 valence electrons. The maximum Gasteiger partial charge on any atom is 0.251 e. The van der Waals surface area contributed by atoms with Gasteiger partial charge in [0.05, 0.1) is 29.5 Å². The van der Waals surface area contributed by atoms with Crippen LogP contribution in [0.15, 0.2) is 40.3 Å². The molecule has 11 heteroatoms. The van der Waals surface area contributed by atoms with Crippen LogP contribution in [0.4, 0.5) is 19.0 Å². The number of H-pyrrole nitrogens is 1. The Morgan fingerprint density at radius 3 is 2.76 bits per heavy atom. The van der Waals surface area contributed by atoms with Gasteiger partial charge < -0.3 is 15.6 Å². The van der Waals surface area contributed by atoms with Crippen LogP contribution in [0.2, 0.25) is 0 Å². The van der Waals surface area contributed by atoms with Crippen LogP contribution in [-0.4, -0.2) is 39.5 Å². The zero-order chi connectivity index (χ0) is 23.8. The number of aromatic nitrogens is 3. The summed E-state index contributed by atoms with van der Waals surface area (Å²) >= 11 is 0. The van der Waals surface area contributed by atoms with Gasteiger partial charge in [0, 0.05) is 35.3 Å². The van der Waals surface area contributed by atoms with E-state index in [1.807, 2.05) is 0 Å². The van der Waals surface area contributed by atoms with Crippen molar-refractivity contribution in [2.24, 2.45) is 10.2 Å². The Morgan fingerprint density at radius 1 is 1.15 bits per heavy atom. The maximum absolute atomic E-state index is 14.9. The highest BCUT2D eigenvalue weighted by atomic mass is 19.1. The number of hydrogen-bond donors (Lipinski definition) is 3. The Labute approximate surface area is 192 Å². The second kappa shape index (κ2) is 8.88.